The van der Waals surface area contributed by atoms with E-state index in [1.807, 2.05) is 0 Å². The second-order valence-electron chi connectivity index (χ2n) is 3.39. The Bertz CT molecular complexity index is 519. The number of aliphatic hydroxyl groups excluding tert-OH is 1. The van der Waals surface area contributed by atoms with Crippen molar-refractivity contribution in [1.82, 2.24) is 4.31 Å². The smallest absolute Gasteiger partial charge is 0.345 e. The van der Waals surface area contributed by atoms with Crippen molar-refractivity contribution in [1.29, 1.82) is 0 Å². The van der Waals surface area contributed by atoms with Gasteiger partial charge >= 0.3 is 5.97 Å². The fraction of sp³-hybridized carbons (Fsp3) is 0.444. The number of hydrogen-bond donors (Lipinski definition) is 2. The molecule has 6 nitrogen and oxygen atoms in total. The largest absolute Gasteiger partial charge is 0.477 e. The molecule has 0 fully saturated rings. The van der Waals surface area contributed by atoms with Crippen LogP contribution in [-0.4, -0.2) is 49.1 Å². The quantitative estimate of drug-likeness (QED) is 0.812. The van der Waals surface area contributed by atoms with E-state index in [1.54, 1.807) is 6.92 Å². The zero-order chi connectivity index (χ0) is 13.2. The summed E-state index contributed by atoms with van der Waals surface area (Å²) in [6.45, 7) is 1.24. The minimum absolute atomic E-state index is 0.0153. The first-order valence-electron chi connectivity index (χ1n) is 4.71. The van der Waals surface area contributed by atoms with Gasteiger partial charge in [0, 0.05) is 18.5 Å². The molecule has 1 rings (SSSR count). The molecule has 0 bridgehead atoms. The fourth-order valence-corrected chi connectivity index (χ4v) is 3.81. The van der Waals surface area contributed by atoms with Gasteiger partial charge in [0.05, 0.1) is 11.5 Å². The van der Waals surface area contributed by atoms with Crippen molar-refractivity contribution in [3.8, 4) is 0 Å². The van der Waals surface area contributed by atoms with E-state index in [0.717, 1.165) is 21.7 Å². The number of hydrogen-bond acceptors (Lipinski definition) is 5. The van der Waals surface area contributed by atoms with Crippen LogP contribution in [0.3, 0.4) is 0 Å². The van der Waals surface area contributed by atoms with E-state index in [9.17, 15) is 13.2 Å². The highest BCUT2D eigenvalue weighted by atomic mass is 32.2. The lowest BCUT2D eigenvalue weighted by molar-refractivity contribution is 0.0702. The van der Waals surface area contributed by atoms with E-state index < -0.39 is 16.0 Å². The van der Waals surface area contributed by atoms with Crippen LogP contribution in [0, 0.1) is 6.92 Å². The monoisotopic (exact) mass is 279 g/mol. The van der Waals surface area contributed by atoms with Crippen molar-refractivity contribution in [3.05, 3.63) is 15.8 Å². The lowest BCUT2D eigenvalue weighted by Crippen LogP contribution is -2.29. The van der Waals surface area contributed by atoms with Gasteiger partial charge in [-0.3, -0.25) is 0 Å². The predicted octanol–water partition coefficient (Wildman–Crippen LogP) is 0.368. The molecule has 17 heavy (non-hydrogen) atoms. The molecule has 0 amide bonds. The van der Waals surface area contributed by atoms with Gasteiger partial charge in [0.25, 0.3) is 0 Å². The minimum Gasteiger partial charge on any atom is -0.477 e. The molecule has 0 unspecified atom stereocenters. The lowest BCUT2D eigenvalue weighted by atomic mass is 10.4. The van der Waals surface area contributed by atoms with Crippen molar-refractivity contribution in [3.63, 3.8) is 0 Å². The molecular formula is C9H13NO5S2. The molecule has 0 aliphatic rings. The maximum absolute atomic E-state index is 12.0. The van der Waals surface area contributed by atoms with Crippen molar-refractivity contribution in [2.24, 2.45) is 0 Å². The van der Waals surface area contributed by atoms with Gasteiger partial charge in [-0.25, -0.2) is 13.2 Å². The average molecular weight is 279 g/mol. The maximum Gasteiger partial charge on any atom is 0.345 e. The molecule has 1 heterocycles. The Hall–Kier alpha value is -0.960. The summed E-state index contributed by atoms with van der Waals surface area (Å²) in [6, 6.07) is 1.14. The molecule has 1 aromatic rings. The van der Waals surface area contributed by atoms with Gasteiger partial charge in [0.2, 0.25) is 10.0 Å². The van der Waals surface area contributed by atoms with Gasteiger partial charge in [-0.2, -0.15) is 4.31 Å². The number of likely N-dealkylation sites (N-methyl/N-ethyl adjacent to an activating group) is 1. The minimum atomic E-state index is -3.72. The Kier molecular flexibility index (Phi) is 4.26. The molecular weight excluding hydrogens is 266 g/mol. The number of rotatable bonds is 5. The zero-order valence-corrected chi connectivity index (χ0v) is 11.0. The molecule has 0 radical (unpaired) electrons. The van der Waals surface area contributed by atoms with E-state index in [-0.39, 0.29) is 22.9 Å². The molecule has 0 atom stereocenters. The van der Waals surface area contributed by atoms with Crippen molar-refractivity contribution in [2.75, 3.05) is 20.2 Å². The summed E-state index contributed by atoms with van der Waals surface area (Å²) in [5.74, 6) is -1.15. The molecule has 0 saturated heterocycles. The molecule has 0 aromatic carbocycles. The fourth-order valence-electron chi connectivity index (χ4n) is 1.26. The number of carboxylic acid groups (broad SMARTS) is 1. The highest BCUT2D eigenvalue weighted by Gasteiger charge is 2.25. The second-order valence-corrected chi connectivity index (χ2v) is 6.66. The third-order valence-corrected chi connectivity index (χ3v) is 5.34. The van der Waals surface area contributed by atoms with Crippen LogP contribution in [0.4, 0.5) is 0 Å². The second kappa shape index (κ2) is 5.13. The number of carboxylic acids is 1. The normalized spacial score (nSPS) is 12.0. The Balaban J connectivity index is 3.20. The molecule has 0 aliphatic carbocycles. The van der Waals surface area contributed by atoms with Crippen molar-refractivity contribution < 1.29 is 23.4 Å². The summed E-state index contributed by atoms with van der Waals surface area (Å²) in [6.07, 6.45) is 0. The molecule has 2 N–H and O–H groups in total. The number of thiophene rings is 1. The number of nitrogens with zero attached hydrogens (tertiary/aromatic N) is 1. The van der Waals surface area contributed by atoms with Crippen LogP contribution in [0.15, 0.2) is 11.0 Å². The van der Waals surface area contributed by atoms with E-state index >= 15 is 0 Å². The summed E-state index contributed by atoms with van der Waals surface area (Å²) in [4.78, 5) is 11.1. The van der Waals surface area contributed by atoms with Crippen LogP contribution in [0.2, 0.25) is 0 Å². The number of carbonyl (C=O) groups is 1. The average Bonchev–Trinajstić information content (AvgIpc) is 2.61. The number of aliphatic hydroxyl groups is 1. The van der Waals surface area contributed by atoms with E-state index in [1.165, 1.54) is 7.05 Å². The van der Waals surface area contributed by atoms with Crippen LogP contribution in [0.1, 0.15) is 14.5 Å². The van der Waals surface area contributed by atoms with Crippen LogP contribution in [0.25, 0.3) is 0 Å². The van der Waals surface area contributed by atoms with Gasteiger partial charge in [-0.15, -0.1) is 11.3 Å². The van der Waals surface area contributed by atoms with Gasteiger partial charge in [-0.1, -0.05) is 0 Å². The van der Waals surface area contributed by atoms with Crippen LogP contribution < -0.4 is 0 Å². The summed E-state index contributed by atoms with van der Waals surface area (Å²) in [5, 5.41) is 17.5. The summed E-state index contributed by atoms with van der Waals surface area (Å²) >= 11 is 0.917. The maximum atomic E-state index is 12.0. The van der Waals surface area contributed by atoms with Gasteiger partial charge in [0.15, 0.2) is 0 Å². The molecule has 0 spiro atoms. The number of sulfonamides is 1. The Morgan fingerprint density at radius 2 is 2.12 bits per heavy atom. The molecule has 1 aromatic heterocycles. The van der Waals surface area contributed by atoms with Crippen LogP contribution in [0.5, 0.6) is 0 Å². The molecule has 0 saturated carbocycles. The first-order valence-corrected chi connectivity index (χ1v) is 6.97. The van der Waals surface area contributed by atoms with Crippen LogP contribution in [-0.2, 0) is 10.0 Å². The standard InChI is InChI=1S/C9H13NO5S2/c1-6-8(5-7(16-6)9(12)13)17(14,15)10(2)3-4-11/h5,11H,3-4H2,1-2H3,(H,12,13). The number of aromatic carboxylic acids is 1. The summed E-state index contributed by atoms with van der Waals surface area (Å²) in [7, 11) is -2.39. The van der Waals surface area contributed by atoms with E-state index in [2.05, 4.69) is 0 Å². The highest BCUT2D eigenvalue weighted by molar-refractivity contribution is 7.89. The molecule has 0 aliphatic heterocycles. The van der Waals surface area contributed by atoms with Gasteiger partial charge in [-0.05, 0) is 13.0 Å². The third kappa shape index (κ3) is 2.83. The number of aryl methyl sites for hydroxylation is 1. The first kappa shape index (κ1) is 14.1. The molecule has 96 valence electrons. The van der Waals surface area contributed by atoms with Crippen LogP contribution >= 0.6 is 11.3 Å². The topological polar surface area (TPSA) is 94.9 Å². The first-order chi connectivity index (χ1) is 7.80. The predicted molar refractivity (Wildman–Crippen MR) is 62.9 cm³/mol. The SMILES string of the molecule is Cc1sc(C(=O)O)cc1S(=O)(=O)N(C)CCO. The van der Waals surface area contributed by atoms with Crippen molar-refractivity contribution in [2.45, 2.75) is 11.8 Å². The summed E-state index contributed by atoms with van der Waals surface area (Å²) in [5.41, 5.74) is 0. The lowest BCUT2D eigenvalue weighted by Gasteiger charge is -2.15. The van der Waals surface area contributed by atoms with Gasteiger partial charge in [0.1, 0.15) is 4.88 Å². The highest BCUT2D eigenvalue weighted by Crippen LogP contribution is 2.27. The third-order valence-electron chi connectivity index (χ3n) is 2.19. The zero-order valence-electron chi connectivity index (χ0n) is 9.37. The summed E-state index contributed by atoms with van der Waals surface area (Å²) < 4.78 is 25.0. The molecule has 8 heteroatoms. The van der Waals surface area contributed by atoms with Crippen molar-refractivity contribution >= 4 is 27.3 Å². The van der Waals surface area contributed by atoms with Gasteiger partial charge < -0.3 is 10.2 Å². The Morgan fingerprint density at radius 1 is 1.53 bits per heavy atom. The Labute approximate surface area is 103 Å². The van der Waals surface area contributed by atoms with E-state index in [4.69, 9.17) is 10.2 Å². The van der Waals surface area contributed by atoms with E-state index in [0.29, 0.717) is 4.88 Å². The Morgan fingerprint density at radius 3 is 2.53 bits per heavy atom.